The Labute approximate surface area is 109 Å². The van der Waals surface area contributed by atoms with Crippen molar-refractivity contribution in [1.82, 2.24) is 0 Å². The topological polar surface area (TPSA) is 55.5 Å². The SMILES string of the molecule is NC(CO)(COCC1CCCC1)c1ccccc1. The lowest BCUT2D eigenvalue weighted by atomic mass is 9.93. The number of aliphatic hydroxyl groups excluding tert-OH is 1. The summed E-state index contributed by atoms with van der Waals surface area (Å²) in [6.07, 6.45) is 5.17. The molecule has 0 saturated heterocycles. The lowest BCUT2D eigenvalue weighted by Crippen LogP contribution is -2.45. The lowest BCUT2D eigenvalue weighted by molar-refractivity contribution is 0.0362. The number of benzene rings is 1. The van der Waals surface area contributed by atoms with E-state index in [9.17, 15) is 5.11 Å². The summed E-state index contributed by atoms with van der Waals surface area (Å²) in [5.74, 6) is 0.684. The minimum absolute atomic E-state index is 0.0956. The normalized spacial score (nSPS) is 19.9. The minimum Gasteiger partial charge on any atom is -0.394 e. The molecule has 0 heterocycles. The highest BCUT2D eigenvalue weighted by Gasteiger charge is 2.27. The van der Waals surface area contributed by atoms with Crippen molar-refractivity contribution in [2.24, 2.45) is 11.7 Å². The number of nitrogens with two attached hydrogens (primary N) is 1. The fraction of sp³-hybridized carbons (Fsp3) is 0.600. The van der Waals surface area contributed by atoms with Crippen LogP contribution < -0.4 is 5.73 Å². The second kappa shape index (κ2) is 6.32. The zero-order chi connectivity index (χ0) is 12.8. The first kappa shape index (κ1) is 13.5. The molecule has 0 aromatic heterocycles. The second-order valence-electron chi connectivity index (χ2n) is 5.35. The van der Waals surface area contributed by atoms with Crippen LogP contribution in [0.4, 0.5) is 0 Å². The molecule has 1 saturated carbocycles. The molecule has 1 aliphatic rings. The van der Waals surface area contributed by atoms with E-state index in [0.717, 1.165) is 12.2 Å². The largest absolute Gasteiger partial charge is 0.394 e. The summed E-state index contributed by atoms with van der Waals surface area (Å²) < 4.78 is 5.74. The van der Waals surface area contributed by atoms with Crippen LogP contribution in [-0.4, -0.2) is 24.9 Å². The van der Waals surface area contributed by atoms with Gasteiger partial charge in [-0.2, -0.15) is 0 Å². The van der Waals surface area contributed by atoms with Crippen LogP contribution in [0.1, 0.15) is 31.2 Å². The van der Waals surface area contributed by atoms with Crippen molar-refractivity contribution in [2.45, 2.75) is 31.2 Å². The van der Waals surface area contributed by atoms with Gasteiger partial charge in [-0.05, 0) is 24.3 Å². The Morgan fingerprint density at radius 1 is 1.22 bits per heavy atom. The third-order valence-corrected chi connectivity index (χ3v) is 3.82. The number of aliphatic hydroxyl groups is 1. The molecule has 0 aliphatic heterocycles. The molecule has 18 heavy (non-hydrogen) atoms. The molecule has 1 aliphatic carbocycles. The zero-order valence-corrected chi connectivity index (χ0v) is 10.8. The van der Waals surface area contributed by atoms with Crippen LogP contribution >= 0.6 is 0 Å². The zero-order valence-electron chi connectivity index (χ0n) is 10.8. The summed E-state index contributed by atoms with van der Waals surface area (Å²) in [6.45, 7) is 1.05. The predicted octanol–water partition coefficient (Wildman–Crippen LogP) is 2.04. The van der Waals surface area contributed by atoms with E-state index in [4.69, 9.17) is 10.5 Å². The average molecular weight is 249 g/mol. The Balaban J connectivity index is 1.87. The third kappa shape index (κ3) is 3.31. The quantitative estimate of drug-likeness (QED) is 0.811. The van der Waals surface area contributed by atoms with E-state index in [1.54, 1.807) is 0 Å². The molecule has 3 heteroatoms. The number of hydrogen-bond donors (Lipinski definition) is 2. The van der Waals surface area contributed by atoms with Gasteiger partial charge in [-0.25, -0.2) is 0 Å². The Morgan fingerprint density at radius 2 is 1.89 bits per heavy atom. The molecule has 1 atom stereocenters. The molecule has 1 fully saturated rings. The lowest BCUT2D eigenvalue weighted by Gasteiger charge is -2.28. The first-order valence-electron chi connectivity index (χ1n) is 6.77. The molecule has 0 spiro atoms. The fourth-order valence-electron chi connectivity index (χ4n) is 2.58. The summed E-state index contributed by atoms with van der Waals surface area (Å²) in [5, 5.41) is 9.53. The summed E-state index contributed by atoms with van der Waals surface area (Å²) in [6, 6.07) is 9.69. The van der Waals surface area contributed by atoms with Crippen LogP contribution in [0.5, 0.6) is 0 Å². The standard InChI is InChI=1S/C15H23NO2/c16-15(11-17,14-8-2-1-3-9-14)12-18-10-13-6-4-5-7-13/h1-3,8-9,13,17H,4-7,10-12,16H2. The smallest absolute Gasteiger partial charge is 0.0881 e. The van der Waals surface area contributed by atoms with E-state index in [1.807, 2.05) is 30.3 Å². The van der Waals surface area contributed by atoms with E-state index in [1.165, 1.54) is 25.7 Å². The molecule has 1 aromatic rings. The maximum absolute atomic E-state index is 9.53. The van der Waals surface area contributed by atoms with Gasteiger partial charge in [0.25, 0.3) is 0 Å². The van der Waals surface area contributed by atoms with Crippen LogP contribution in [0.25, 0.3) is 0 Å². The van der Waals surface area contributed by atoms with Crippen molar-refractivity contribution < 1.29 is 9.84 Å². The van der Waals surface area contributed by atoms with Crippen molar-refractivity contribution in [2.75, 3.05) is 19.8 Å². The van der Waals surface area contributed by atoms with Gasteiger partial charge in [-0.15, -0.1) is 0 Å². The molecular formula is C15H23NO2. The number of rotatable bonds is 6. The molecule has 0 amide bonds. The molecule has 1 unspecified atom stereocenters. The van der Waals surface area contributed by atoms with Crippen LogP contribution in [0.2, 0.25) is 0 Å². The van der Waals surface area contributed by atoms with E-state index < -0.39 is 5.54 Å². The highest BCUT2D eigenvalue weighted by Crippen LogP contribution is 2.25. The fourth-order valence-corrected chi connectivity index (χ4v) is 2.58. The van der Waals surface area contributed by atoms with Gasteiger partial charge in [-0.1, -0.05) is 43.2 Å². The second-order valence-corrected chi connectivity index (χ2v) is 5.35. The highest BCUT2D eigenvalue weighted by molar-refractivity contribution is 5.24. The van der Waals surface area contributed by atoms with Gasteiger partial charge >= 0.3 is 0 Å². The summed E-state index contributed by atoms with van der Waals surface area (Å²) in [4.78, 5) is 0. The first-order chi connectivity index (χ1) is 8.74. The van der Waals surface area contributed by atoms with Crippen LogP contribution in [0.15, 0.2) is 30.3 Å². The Kier molecular flexibility index (Phi) is 4.75. The van der Waals surface area contributed by atoms with Crippen molar-refractivity contribution in [3.05, 3.63) is 35.9 Å². The van der Waals surface area contributed by atoms with Gasteiger partial charge in [0.15, 0.2) is 0 Å². The highest BCUT2D eigenvalue weighted by atomic mass is 16.5. The van der Waals surface area contributed by atoms with Gasteiger partial charge in [0.1, 0.15) is 0 Å². The monoisotopic (exact) mass is 249 g/mol. The molecule has 100 valence electrons. The molecule has 1 aromatic carbocycles. The molecular weight excluding hydrogens is 226 g/mol. The van der Waals surface area contributed by atoms with Crippen LogP contribution in [-0.2, 0) is 10.3 Å². The van der Waals surface area contributed by atoms with E-state index in [-0.39, 0.29) is 6.61 Å². The molecule has 0 bridgehead atoms. The molecule has 2 rings (SSSR count). The van der Waals surface area contributed by atoms with Crippen molar-refractivity contribution in [1.29, 1.82) is 0 Å². The third-order valence-electron chi connectivity index (χ3n) is 3.82. The summed E-state index contributed by atoms with van der Waals surface area (Å²) >= 11 is 0. The van der Waals surface area contributed by atoms with E-state index >= 15 is 0 Å². The van der Waals surface area contributed by atoms with Crippen molar-refractivity contribution in [3.63, 3.8) is 0 Å². The van der Waals surface area contributed by atoms with Crippen LogP contribution in [0, 0.1) is 5.92 Å². The Bertz CT molecular complexity index is 349. The van der Waals surface area contributed by atoms with Gasteiger partial charge in [0.2, 0.25) is 0 Å². The van der Waals surface area contributed by atoms with Crippen molar-refractivity contribution >= 4 is 0 Å². The molecule has 3 N–H and O–H groups in total. The Hall–Kier alpha value is -0.900. The van der Waals surface area contributed by atoms with Gasteiger partial charge in [0.05, 0.1) is 18.8 Å². The van der Waals surface area contributed by atoms with Crippen molar-refractivity contribution in [3.8, 4) is 0 Å². The minimum atomic E-state index is -0.778. The van der Waals surface area contributed by atoms with Gasteiger partial charge in [-0.3, -0.25) is 0 Å². The first-order valence-corrected chi connectivity index (χ1v) is 6.77. The Morgan fingerprint density at radius 3 is 2.50 bits per heavy atom. The molecule has 0 radical (unpaired) electrons. The number of ether oxygens (including phenoxy) is 1. The summed E-state index contributed by atoms with van der Waals surface area (Å²) in [7, 11) is 0. The van der Waals surface area contributed by atoms with Crippen LogP contribution in [0.3, 0.4) is 0 Å². The maximum Gasteiger partial charge on any atom is 0.0881 e. The molecule has 3 nitrogen and oxygen atoms in total. The van der Waals surface area contributed by atoms with E-state index in [0.29, 0.717) is 12.5 Å². The van der Waals surface area contributed by atoms with Gasteiger partial charge < -0.3 is 15.6 Å². The van der Waals surface area contributed by atoms with E-state index in [2.05, 4.69) is 0 Å². The summed E-state index contributed by atoms with van der Waals surface area (Å²) in [5.41, 5.74) is 6.38. The predicted molar refractivity (Wildman–Crippen MR) is 72.2 cm³/mol. The average Bonchev–Trinajstić information content (AvgIpc) is 2.93. The van der Waals surface area contributed by atoms with Gasteiger partial charge in [0, 0.05) is 6.61 Å². The number of hydrogen-bond acceptors (Lipinski definition) is 3. The maximum atomic E-state index is 9.53.